The first-order valence-electron chi connectivity index (χ1n) is 20.2. The second-order valence-electron chi connectivity index (χ2n) is 15.5. The maximum absolute atomic E-state index is 14.0. The molecular weight excluding hydrogens is 721 g/mol. The van der Waals surface area contributed by atoms with Crippen molar-refractivity contribution in [2.75, 3.05) is 50.8 Å². The number of aliphatic hydroxyl groups excluding tert-OH is 1. The number of ketones is 1. The lowest BCUT2D eigenvalue weighted by Crippen LogP contribution is -2.66. The number of aliphatic hydroxyl groups is 1. The molecule has 11 heteroatoms. The van der Waals surface area contributed by atoms with Crippen molar-refractivity contribution in [3.63, 3.8) is 0 Å². The Morgan fingerprint density at radius 1 is 0.877 bits per heavy atom. The maximum Gasteiger partial charge on any atom is 0.415 e. The molecule has 2 bridgehead atoms. The Balaban J connectivity index is 0.861. The van der Waals surface area contributed by atoms with Crippen molar-refractivity contribution >= 4 is 28.5 Å². The highest BCUT2D eigenvalue weighted by molar-refractivity contribution is 5.97. The Morgan fingerprint density at radius 2 is 1.63 bits per heavy atom. The van der Waals surface area contributed by atoms with Gasteiger partial charge in [0.25, 0.3) is 0 Å². The van der Waals surface area contributed by atoms with Gasteiger partial charge in [0.2, 0.25) is 11.3 Å². The fourth-order valence-electron chi connectivity index (χ4n) is 8.37. The van der Waals surface area contributed by atoms with Gasteiger partial charge in [-0.25, -0.2) is 4.79 Å². The minimum absolute atomic E-state index is 0.0270. The first kappa shape index (κ1) is 39.7. The van der Waals surface area contributed by atoms with Gasteiger partial charge < -0.3 is 34.5 Å². The average molecular weight is 774 g/mol. The smallest absolute Gasteiger partial charge is 0.415 e. The van der Waals surface area contributed by atoms with E-state index in [9.17, 15) is 24.6 Å². The van der Waals surface area contributed by atoms with Gasteiger partial charge in [0.1, 0.15) is 24.6 Å². The molecule has 298 valence electrons. The number of hydrogen-bond acceptors (Lipinski definition) is 8. The number of anilines is 1. The SMILES string of the molecule is O=C(C[N+]12CCC(CC1)[C@@H](OC(=O)N(Cc1cccc(OCCCCCCNC[C@H](O)c3ccc(O)c4[nH]c(=O)ccc34)c1)c1ccccc1)C2)c1ccccc1. The third-order valence-electron chi connectivity index (χ3n) is 11.5. The van der Waals surface area contributed by atoms with E-state index >= 15 is 0 Å². The summed E-state index contributed by atoms with van der Waals surface area (Å²) in [5, 5.41) is 24.8. The molecule has 57 heavy (non-hydrogen) atoms. The number of phenols is 1. The summed E-state index contributed by atoms with van der Waals surface area (Å²) in [7, 11) is 0. The Morgan fingerprint density at radius 3 is 2.42 bits per heavy atom. The molecule has 3 fully saturated rings. The number of para-hydroxylation sites is 1. The van der Waals surface area contributed by atoms with Gasteiger partial charge in [-0.3, -0.25) is 14.5 Å². The van der Waals surface area contributed by atoms with Crippen LogP contribution in [0, 0.1) is 5.92 Å². The average Bonchev–Trinajstić information content (AvgIpc) is 3.23. The number of aromatic amines is 1. The van der Waals surface area contributed by atoms with E-state index in [1.54, 1.807) is 17.0 Å². The number of benzene rings is 4. The van der Waals surface area contributed by atoms with Gasteiger partial charge in [0.15, 0.2) is 6.10 Å². The number of nitrogens with zero attached hydrogens (tertiary/aromatic N) is 2. The highest BCUT2D eigenvalue weighted by Crippen LogP contribution is 2.37. The minimum atomic E-state index is -0.782. The van der Waals surface area contributed by atoms with E-state index < -0.39 is 6.10 Å². The number of aromatic nitrogens is 1. The molecule has 4 aromatic carbocycles. The zero-order chi connectivity index (χ0) is 39.6. The van der Waals surface area contributed by atoms with E-state index in [0.717, 1.165) is 80.7 Å². The van der Waals surface area contributed by atoms with Crippen LogP contribution in [-0.4, -0.2) is 83.5 Å². The first-order chi connectivity index (χ1) is 27.8. The number of nitrogens with one attached hydrogen (secondary N) is 2. The van der Waals surface area contributed by atoms with Crippen molar-refractivity contribution in [3.8, 4) is 11.5 Å². The largest absolute Gasteiger partial charge is 0.506 e. The number of phenolic OH excluding ortho intramolecular Hbond substituents is 1. The number of piperidine rings is 3. The zero-order valence-electron chi connectivity index (χ0n) is 32.4. The summed E-state index contributed by atoms with van der Waals surface area (Å²) in [6.45, 7) is 4.96. The third-order valence-corrected chi connectivity index (χ3v) is 11.5. The highest BCUT2D eigenvalue weighted by Gasteiger charge is 2.49. The molecule has 8 rings (SSSR count). The number of carbonyl (C=O) groups is 2. The molecule has 0 aliphatic carbocycles. The van der Waals surface area contributed by atoms with Gasteiger partial charge >= 0.3 is 6.09 Å². The molecule has 0 unspecified atom stereocenters. The Bertz CT molecular complexity index is 2170. The number of hydrogen-bond donors (Lipinski definition) is 4. The zero-order valence-corrected chi connectivity index (χ0v) is 32.4. The second-order valence-corrected chi connectivity index (χ2v) is 15.5. The van der Waals surface area contributed by atoms with Crippen LogP contribution in [0.15, 0.2) is 114 Å². The number of ether oxygens (including phenoxy) is 2. The van der Waals surface area contributed by atoms with Crippen molar-refractivity contribution in [2.24, 2.45) is 5.92 Å². The topological polar surface area (TPSA) is 141 Å². The number of quaternary nitrogens is 1. The lowest BCUT2D eigenvalue weighted by molar-refractivity contribution is -0.938. The molecule has 4 heterocycles. The fourth-order valence-corrected chi connectivity index (χ4v) is 8.37. The summed E-state index contributed by atoms with van der Waals surface area (Å²) >= 11 is 0. The quantitative estimate of drug-likeness (QED) is 0.0419. The van der Waals surface area contributed by atoms with E-state index in [-0.39, 0.29) is 29.3 Å². The number of carbonyl (C=O) groups excluding carboxylic acids is 2. The lowest BCUT2D eigenvalue weighted by Gasteiger charge is -2.51. The summed E-state index contributed by atoms with van der Waals surface area (Å²) in [4.78, 5) is 43.2. The number of amides is 1. The monoisotopic (exact) mass is 773 g/mol. The summed E-state index contributed by atoms with van der Waals surface area (Å²) in [5.41, 5.74) is 3.09. The van der Waals surface area contributed by atoms with Gasteiger partial charge in [-0.2, -0.15) is 0 Å². The molecule has 5 aromatic rings. The van der Waals surface area contributed by atoms with Crippen molar-refractivity contribution in [1.82, 2.24) is 10.3 Å². The van der Waals surface area contributed by atoms with Gasteiger partial charge in [0, 0.05) is 48.0 Å². The number of pyridine rings is 1. The van der Waals surface area contributed by atoms with Crippen LogP contribution in [-0.2, 0) is 11.3 Å². The number of rotatable bonds is 18. The molecule has 0 spiro atoms. The molecule has 4 N–H and O–H groups in total. The van der Waals surface area contributed by atoms with Gasteiger partial charge in [-0.1, -0.05) is 79.6 Å². The third kappa shape index (κ3) is 10.1. The maximum atomic E-state index is 14.0. The Hall–Kier alpha value is -5.49. The van der Waals surface area contributed by atoms with Gasteiger partial charge in [-0.05, 0) is 66.9 Å². The predicted molar refractivity (Wildman–Crippen MR) is 221 cm³/mol. The number of unbranched alkanes of at least 4 members (excludes halogenated alkanes) is 3. The first-order valence-corrected chi connectivity index (χ1v) is 20.2. The molecular formula is C46H53N4O7+. The second kappa shape index (κ2) is 18.6. The van der Waals surface area contributed by atoms with Crippen LogP contribution in [0.4, 0.5) is 10.5 Å². The highest BCUT2D eigenvalue weighted by atomic mass is 16.6. The van der Waals surface area contributed by atoms with Crippen LogP contribution in [0.2, 0.25) is 0 Å². The summed E-state index contributed by atoms with van der Waals surface area (Å²) in [5.74, 6) is 1.16. The molecule has 3 saturated heterocycles. The van der Waals surface area contributed by atoms with Crippen molar-refractivity contribution in [3.05, 3.63) is 136 Å². The summed E-state index contributed by atoms with van der Waals surface area (Å²) in [6, 6.07) is 33.1. The molecule has 1 aromatic heterocycles. The molecule has 2 atom stereocenters. The van der Waals surface area contributed by atoms with E-state index in [1.165, 1.54) is 12.1 Å². The van der Waals surface area contributed by atoms with Gasteiger partial charge in [0.05, 0.1) is 37.9 Å². The molecule has 0 radical (unpaired) electrons. The number of Topliss-reactive ketones (excluding diaryl/α,β-unsaturated/α-hetero) is 1. The lowest BCUT2D eigenvalue weighted by atomic mass is 9.83. The van der Waals surface area contributed by atoms with Crippen molar-refractivity contribution in [1.29, 1.82) is 0 Å². The van der Waals surface area contributed by atoms with Crippen LogP contribution in [0.3, 0.4) is 0 Å². The number of aromatic hydroxyl groups is 1. The Kier molecular flexibility index (Phi) is 13.0. The Labute approximate surface area is 333 Å². The van der Waals surface area contributed by atoms with E-state index in [1.807, 2.05) is 84.9 Å². The van der Waals surface area contributed by atoms with E-state index in [4.69, 9.17) is 9.47 Å². The fraction of sp³-hybridized carbons (Fsp3) is 0.370. The number of H-pyrrole nitrogens is 1. The van der Waals surface area contributed by atoms with Crippen LogP contribution < -0.4 is 20.5 Å². The number of fused-ring (bicyclic) bond motifs is 4. The standard InChI is InChI=1S/C46H52N4O7/c51-40-20-18-38(39-19-21-44(54)48-45(39)40)41(52)29-47-24-9-1-2-10-27-56-37-17-11-12-33(28-37)30-49(36-15-7-4-8-16-36)46(55)57-43-32-50(25-22-35(43)23-26-50)31-42(53)34-13-5-3-6-14-34/h3-8,11-21,28,35,41,43,47,52H,1-2,9-10,22-27,29-32H2,(H-,48,51,54)/p+1/t35?,41-,43-,50?/m0/s1. The normalized spacial score (nSPS) is 19.2. The van der Waals surface area contributed by atoms with Crippen LogP contribution in [0.25, 0.3) is 10.9 Å². The molecule has 3 aliphatic heterocycles. The molecule has 11 nitrogen and oxygen atoms in total. The van der Waals surface area contributed by atoms with Crippen LogP contribution in [0.5, 0.6) is 11.5 Å². The van der Waals surface area contributed by atoms with Crippen LogP contribution in [0.1, 0.15) is 66.1 Å². The van der Waals surface area contributed by atoms with Crippen molar-refractivity contribution in [2.45, 2.75) is 57.3 Å². The molecule has 1 amide bonds. The predicted octanol–water partition coefficient (Wildman–Crippen LogP) is 7.13. The minimum Gasteiger partial charge on any atom is -0.506 e. The summed E-state index contributed by atoms with van der Waals surface area (Å²) in [6.07, 6.45) is 4.33. The van der Waals surface area contributed by atoms with E-state index in [0.29, 0.717) is 59.7 Å². The summed E-state index contributed by atoms with van der Waals surface area (Å²) < 4.78 is 13.1. The van der Waals surface area contributed by atoms with Crippen molar-refractivity contribution < 1.29 is 33.8 Å². The molecule has 3 aliphatic rings. The van der Waals surface area contributed by atoms with Crippen LogP contribution >= 0.6 is 0 Å². The van der Waals surface area contributed by atoms with E-state index in [2.05, 4.69) is 10.3 Å². The van der Waals surface area contributed by atoms with Gasteiger partial charge in [-0.15, -0.1) is 0 Å². The molecule has 0 saturated carbocycles.